The molecule has 1 fully saturated rings. The highest BCUT2D eigenvalue weighted by Gasteiger charge is 2.21. The molecule has 1 saturated heterocycles. The Labute approximate surface area is 198 Å². The average molecular weight is 452 g/mol. The largest absolute Gasteiger partial charge is 0.348 e. The fraction of sp³-hybridized carbons (Fsp3) is 0.185. The number of aromatic nitrogens is 3. The molecule has 0 bridgehead atoms. The number of rotatable bonds is 6. The zero-order chi connectivity index (χ0) is 23.3. The summed E-state index contributed by atoms with van der Waals surface area (Å²) in [5.74, 6) is -0.0673. The maximum Gasteiger partial charge on any atom is 0.255 e. The number of anilines is 1. The number of carbonyl (C=O) groups excluding carboxylic acids is 2. The quantitative estimate of drug-likeness (QED) is 0.472. The minimum absolute atomic E-state index is 0.155. The van der Waals surface area contributed by atoms with Gasteiger partial charge in [-0.05, 0) is 54.8 Å². The molecule has 1 aliphatic heterocycles. The number of pyridine rings is 1. The van der Waals surface area contributed by atoms with Crippen molar-refractivity contribution < 1.29 is 9.59 Å². The van der Waals surface area contributed by atoms with E-state index in [0.717, 1.165) is 41.9 Å². The van der Waals surface area contributed by atoms with Crippen molar-refractivity contribution in [3.05, 3.63) is 96.4 Å². The number of carbonyl (C=O) groups is 2. The highest BCUT2D eigenvalue weighted by molar-refractivity contribution is 6.00. The molecule has 2 aromatic carbocycles. The third kappa shape index (κ3) is 4.59. The first-order valence-electron chi connectivity index (χ1n) is 11.4. The van der Waals surface area contributed by atoms with Crippen molar-refractivity contribution in [2.24, 2.45) is 0 Å². The molecule has 34 heavy (non-hydrogen) atoms. The van der Waals surface area contributed by atoms with Crippen molar-refractivity contribution in [3.8, 4) is 16.9 Å². The molecule has 0 aliphatic carbocycles. The summed E-state index contributed by atoms with van der Waals surface area (Å²) >= 11 is 0. The number of nitrogens with one attached hydrogen (secondary N) is 1. The number of hydrogen-bond donors (Lipinski definition) is 1. The summed E-state index contributed by atoms with van der Waals surface area (Å²) in [6, 6.07) is 21.2. The van der Waals surface area contributed by atoms with Crippen LogP contribution in [-0.4, -0.2) is 33.1 Å². The van der Waals surface area contributed by atoms with Gasteiger partial charge in [-0.25, -0.2) is 4.68 Å². The number of hydrogen-bond acceptors (Lipinski definition) is 4. The van der Waals surface area contributed by atoms with E-state index in [1.807, 2.05) is 71.6 Å². The Hall–Kier alpha value is -4.26. The Balaban J connectivity index is 1.38. The van der Waals surface area contributed by atoms with E-state index >= 15 is 0 Å². The second kappa shape index (κ2) is 9.70. The monoisotopic (exact) mass is 451 g/mol. The first-order valence-corrected chi connectivity index (χ1v) is 11.4. The van der Waals surface area contributed by atoms with Gasteiger partial charge in [0.1, 0.15) is 5.69 Å². The summed E-state index contributed by atoms with van der Waals surface area (Å²) < 4.78 is 1.71. The van der Waals surface area contributed by atoms with Crippen LogP contribution in [0, 0.1) is 0 Å². The maximum atomic E-state index is 13.2. The van der Waals surface area contributed by atoms with E-state index in [2.05, 4.69) is 15.4 Å². The molecule has 0 spiro atoms. The summed E-state index contributed by atoms with van der Waals surface area (Å²) in [7, 11) is 0. The lowest BCUT2D eigenvalue weighted by molar-refractivity contribution is -0.119. The Bertz CT molecular complexity index is 1300. The minimum atomic E-state index is -0.222. The minimum Gasteiger partial charge on any atom is -0.348 e. The maximum absolute atomic E-state index is 13.2. The molecule has 5 rings (SSSR count). The van der Waals surface area contributed by atoms with Gasteiger partial charge in [0.25, 0.3) is 5.91 Å². The van der Waals surface area contributed by atoms with Gasteiger partial charge in [0, 0.05) is 49.4 Å². The van der Waals surface area contributed by atoms with E-state index < -0.39 is 0 Å². The smallest absolute Gasteiger partial charge is 0.255 e. The molecule has 1 aliphatic rings. The predicted octanol–water partition coefficient (Wildman–Crippen LogP) is 4.38. The topological polar surface area (TPSA) is 80.1 Å². The predicted molar refractivity (Wildman–Crippen MR) is 131 cm³/mol. The van der Waals surface area contributed by atoms with E-state index in [9.17, 15) is 9.59 Å². The Morgan fingerprint density at radius 3 is 2.62 bits per heavy atom. The summed E-state index contributed by atoms with van der Waals surface area (Å²) in [5.41, 5.74) is 4.49. The van der Waals surface area contributed by atoms with E-state index in [1.54, 1.807) is 23.3 Å². The molecular weight excluding hydrogens is 426 g/mol. The molecule has 4 aromatic rings. The summed E-state index contributed by atoms with van der Waals surface area (Å²) in [6.07, 6.45) is 7.68. The molecule has 170 valence electrons. The van der Waals surface area contributed by atoms with Crippen molar-refractivity contribution >= 4 is 17.5 Å². The van der Waals surface area contributed by atoms with Crippen LogP contribution in [0.25, 0.3) is 16.9 Å². The number of amides is 2. The SMILES string of the molecule is O=C(NCc1cccc(N2CCCCC2=O)c1)c1cn(-c2ccccc2)nc1-c1cccnc1. The number of piperidine rings is 1. The zero-order valence-corrected chi connectivity index (χ0v) is 18.7. The number of para-hydroxylation sites is 1. The number of benzene rings is 2. The van der Waals surface area contributed by atoms with Crippen LogP contribution in [0.1, 0.15) is 35.2 Å². The van der Waals surface area contributed by atoms with E-state index in [-0.39, 0.29) is 11.8 Å². The highest BCUT2D eigenvalue weighted by atomic mass is 16.2. The van der Waals surface area contributed by atoms with Crippen molar-refractivity contribution in [1.29, 1.82) is 0 Å². The molecule has 0 atom stereocenters. The van der Waals surface area contributed by atoms with Gasteiger partial charge in [-0.3, -0.25) is 14.6 Å². The van der Waals surface area contributed by atoms with Gasteiger partial charge in [0.05, 0.1) is 11.3 Å². The van der Waals surface area contributed by atoms with Crippen molar-refractivity contribution in [1.82, 2.24) is 20.1 Å². The van der Waals surface area contributed by atoms with Crippen LogP contribution in [0.5, 0.6) is 0 Å². The molecule has 2 aromatic heterocycles. The number of nitrogens with zero attached hydrogens (tertiary/aromatic N) is 4. The standard InChI is InChI=1S/C27H25N5O2/c33-25-13-4-5-15-31(25)23-12-6-8-20(16-23)17-29-27(34)24-19-32(22-10-2-1-3-11-22)30-26(24)21-9-7-14-28-18-21/h1-3,6-12,14,16,18-19H,4-5,13,15,17H2,(H,29,34). The Morgan fingerprint density at radius 2 is 1.82 bits per heavy atom. The molecule has 7 heteroatoms. The van der Waals surface area contributed by atoms with Crippen molar-refractivity contribution in [2.45, 2.75) is 25.8 Å². The van der Waals surface area contributed by atoms with Crippen LogP contribution in [0.2, 0.25) is 0 Å². The van der Waals surface area contributed by atoms with E-state index in [1.165, 1.54) is 0 Å². The van der Waals surface area contributed by atoms with Gasteiger partial charge in [0.2, 0.25) is 5.91 Å². The van der Waals surface area contributed by atoms with Crippen molar-refractivity contribution in [2.75, 3.05) is 11.4 Å². The second-order valence-corrected chi connectivity index (χ2v) is 8.27. The molecule has 1 N–H and O–H groups in total. The van der Waals surface area contributed by atoms with Gasteiger partial charge in [-0.1, -0.05) is 30.3 Å². The molecule has 3 heterocycles. The van der Waals surface area contributed by atoms with Gasteiger partial charge in [-0.15, -0.1) is 0 Å². The molecule has 0 saturated carbocycles. The van der Waals surface area contributed by atoms with Crippen LogP contribution >= 0.6 is 0 Å². The molecule has 0 radical (unpaired) electrons. The van der Waals surface area contributed by atoms with Crippen LogP contribution in [0.3, 0.4) is 0 Å². The third-order valence-electron chi connectivity index (χ3n) is 5.91. The first-order chi connectivity index (χ1) is 16.7. The summed E-state index contributed by atoms with van der Waals surface area (Å²) in [4.78, 5) is 31.6. The van der Waals surface area contributed by atoms with Gasteiger partial charge in [-0.2, -0.15) is 5.10 Å². The van der Waals surface area contributed by atoms with Gasteiger partial charge in [0.15, 0.2) is 0 Å². The van der Waals surface area contributed by atoms with Crippen molar-refractivity contribution in [3.63, 3.8) is 0 Å². The Kier molecular flexibility index (Phi) is 6.16. The molecular formula is C27H25N5O2. The van der Waals surface area contributed by atoms with Crippen LogP contribution in [-0.2, 0) is 11.3 Å². The average Bonchev–Trinajstić information content (AvgIpc) is 3.35. The van der Waals surface area contributed by atoms with Crippen LogP contribution < -0.4 is 10.2 Å². The summed E-state index contributed by atoms with van der Waals surface area (Å²) in [6.45, 7) is 1.08. The molecule has 7 nitrogen and oxygen atoms in total. The van der Waals surface area contributed by atoms with Crippen LogP contribution in [0.15, 0.2) is 85.3 Å². The third-order valence-corrected chi connectivity index (χ3v) is 5.91. The normalized spacial score (nSPS) is 13.6. The zero-order valence-electron chi connectivity index (χ0n) is 18.7. The lowest BCUT2D eigenvalue weighted by Crippen LogP contribution is -2.35. The Morgan fingerprint density at radius 1 is 0.971 bits per heavy atom. The summed E-state index contributed by atoms with van der Waals surface area (Å²) in [5, 5.41) is 7.70. The molecule has 2 amide bonds. The van der Waals surface area contributed by atoms with E-state index in [0.29, 0.717) is 24.2 Å². The fourth-order valence-electron chi connectivity index (χ4n) is 4.16. The fourth-order valence-corrected chi connectivity index (χ4v) is 4.16. The van der Waals surface area contributed by atoms with Gasteiger partial charge < -0.3 is 10.2 Å². The lowest BCUT2D eigenvalue weighted by Gasteiger charge is -2.27. The first kappa shape index (κ1) is 21.6. The second-order valence-electron chi connectivity index (χ2n) is 8.27. The van der Waals surface area contributed by atoms with Crippen LogP contribution in [0.4, 0.5) is 5.69 Å². The molecule has 0 unspecified atom stereocenters. The lowest BCUT2D eigenvalue weighted by atomic mass is 10.1. The highest BCUT2D eigenvalue weighted by Crippen LogP contribution is 2.24. The van der Waals surface area contributed by atoms with E-state index in [4.69, 9.17) is 0 Å². The van der Waals surface area contributed by atoms with Gasteiger partial charge >= 0.3 is 0 Å².